The van der Waals surface area contributed by atoms with E-state index in [1.165, 1.54) is 10.6 Å². The fourth-order valence-electron chi connectivity index (χ4n) is 3.74. The molecule has 1 aliphatic carbocycles. The number of nitrogens with zero attached hydrogens (tertiary/aromatic N) is 4. The Labute approximate surface area is 176 Å². The third-order valence-electron chi connectivity index (χ3n) is 5.18. The third kappa shape index (κ3) is 3.86. The second kappa shape index (κ2) is 7.79. The number of fused-ring (bicyclic) bond motifs is 1. The summed E-state index contributed by atoms with van der Waals surface area (Å²) in [6.07, 6.45) is 7.86. The molecule has 0 radical (unpaired) electrons. The summed E-state index contributed by atoms with van der Waals surface area (Å²) >= 11 is 5.99. The van der Waals surface area contributed by atoms with Crippen LogP contribution in [0.3, 0.4) is 0 Å². The highest BCUT2D eigenvalue weighted by Gasteiger charge is 2.26. The summed E-state index contributed by atoms with van der Waals surface area (Å²) in [5.41, 5.74) is 1.80. The molecule has 1 saturated carbocycles. The molecule has 2 atom stereocenters. The topological polar surface area (TPSA) is 97.9 Å². The summed E-state index contributed by atoms with van der Waals surface area (Å²) in [5.74, 6) is 0.769. The predicted molar refractivity (Wildman–Crippen MR) is 115 cm³/mol. The van der Waals surface area contributed by atoms with Crippen molar-refractivity contribution in [2.45, 2.75) is 31.3 Å². The zero-order chi connectivity index (χ0) is 20.5. The van der Waals surface area contributed by atoms with Crippen LogP contribution in [0.15, 0.2) is 64.2 Å². The largest absolute Gasteiger partial charge is 0.404 e. The molecule has 30 heavy (non-hydrogen) atoms. The van der Waals surface area contributed by atoms with E-state index in [9.17, 15) is 4.79 Å². The smallest absolute Gasteiger partial charge is 0.297 e. The van der Waals surface area contributed by atoms with E-state index in [-0.39, 0.29) is 17.6 Å². The molecule has 152 valence electrons. The van der Waals surface area contributed by atoms with E-state index in [0.29, 0.717) is 22.4 Å². The average Bonchev–Trinajstić information content (AvgIpc) is 3.36. The quantitative estimate of drug-likeness (QED) is 0.503. The minimum atomic E-state index is -0.152. The Kier molecular flexibility index (Phi) is 4.84. The highest BCUT2D eigenvalue weighted by atomic mass is 35.5. The maximum Gasteiger partial charge on any atom is 0.297 e. The van der Waals surface area contributed by atoms with Crippen LogP contribution in [-0.4, -0.2) is 31.6 Å². The fourth-order valence-corrected chi connectivity index (χ4v) is 3.90. The van der Waals surface area contributed by atoms with E-state index in [0.717, 1.165) is 30.6 Å². The van der Waals surface area contributed by atoms with Gasteiger partial charge in [0, 0.05) is 30.5 Å². The molecular formula is C21H19ClN6O2. The first kappa shape index (κ1) is 18.6. The summed E-state index contributed by atoms with van der Waals surface area (Å²) in [4.78, 5) is 25.1. The van der Waals surface area contributed by atoms with E-state index in [2.05, 4.69) is 25.6 Å². The SMILES string of the molecule is O=c1ccc(Cl)cn1-c1ccc(N[C@H]2CC[C@H](Nc3nc4cccnc4o3)C2)nc1. The van der Waals surface area contributed by atoms with Gasteiger partial charge in [-0.1, -0.05) is 11.6 Å². The first-order valence-corrected chi connectivity index (χ1v) is 10.1. The Bertz CT molecular complexity index is 1200. The van der Waals surface area contributed by atoms with Crippen LogP contribution in [0, 0.1) is 0 Å². The minimum absolute atomic E-state index is 0.152. The molecule has 1 aliphatic rings. The van der Waals surface area contributed by atoms with Crippen molar-refractivity contribution < 1.29 is 4.42 Å². The predicted octanol–water partition coefficient (Wildman–Crippen LogP) is 3.87. The van der Waals surface area contributed by atoms with Crippen molar-refractivity contribution in [3.8, 4) is 5.69 Å². The summed E-state index contributed by atoms with van der Waals surface area (Å²) in [7, 11) is 0. The van der Waals surface area contributed by atoms with Gasteiger partial charge in [-0.15, -0.1) is 0 Å². The molecule has 0 bridgehead atoms. The number of hydrogen-bond donors (Lipinski definition) is 2. The number of aromatic nitrogens is 4. The van der Waals surface area contributed by atoms with Gasteiger partial charge in [0.1, 0.15) is 11.3 Å². The molecule has 1 fully saturated rings. The lowest BCUT2D eigenvalue weighted by atomic mass is 10.2. The van der Waals surface area contributed by atoms with E-state index in [1.807, 2.05) is 24.3 Å². The monoisotopic (exact) mass is 422 g/mol. The average molecular weight is 423 g/mol. The molecule has 4 heterocycles. The van der Waals surface area contributed by atoms with E-state index >= 15 is 0 Å². The number of halogens is 1. The van der Waals surface area contributed by atoms with Crippen molar-refractivity contribution in [3.63, 3.8) is 0 Å². The lowest BCUT2D eigenvalue weighted by Crippen LogP contribution is -2.21. The Balaban J connectivity index is 1.21. The fraction of sp³-hybridized carbons (Fsp3) is 0.238. The molecule has 0 unspecified atom stereocenters. The van der Waals surface area contributed by atoms with E-state index in [1.54, 1.807) is 24.7 Å². The van der Waals surface area contributed by atoms with Crippen LogP contribution in [0.4, 0.5) is 11.8 Å². The molecule has 5 rings (SSSR count). The van der Waals surface area contributed by atoms with Gasteiger partial charge in [0.15, 0.2) is 0 Å². The lowest BCUT2D eigenvalue weighted by Gasteiger charge is -2.15. The van der Waals surface area contributed by atoms with Crippen molar-refractivity contribution in [2.24, 2.45) is 0 Å². The molecule has 4 aromatic rings. The number of nitrogens with one attached hydrogen (secondary N) is 2. The minimum Gasteiger partial charge on any atom is -0.404 e. The summed E-state index contributed by atoms with van der Waals surface area (Å²) in [6, 6.07) is 11.5. The summed E-state index contributed by atoms with van der Waals surface area (Å²) < 4.78 is 7.13. The first-order valence-electron chi connectivity index (χ1n) is 9.73. The number of oxazole rings is 1. The Morgan fingerprint density at radius 2 is 1.93 bits per heavy atom. The van der Waals surface area contributed by atoms with Crippen LogP contribution in [0.1, 0.15) is 19.3 Å². The second-order valence-corrected chi connectivity index (χ2v) is 7.74. The molecular weight excluding hydrogens is 404 g/mol. The number of rotatable bonds is 5. The molecule has 8 nitrogen and oxygen atoms in total. The van der Waals surface area contributed by atoms with Gasteiger partial charge in [-0.05, 0) is 49.6 Å². The Hall–Kier alpha value is -3.39. The first-order chi connectivity index (χ1) is 14.6. The van der Waals surface area contributed by atoms with Gasteiger partial charge in [-0.25, -0.2) is 9.97 Å². The van der Waals surface area contributed by atoms with E-state index < -0.39 is 0 Å². The van der Waals surface area contributed by atoms with Crippen molar-refractivity contribution >= 4 is 34.7 Å². The van der Waals surface area contributed by atoms with Crippen LogP contribution in [0.25, 0.3) is 16.9 Å². The molecule has 0 saturated heterocycles. The maximum absolute atomic E-state index is 12.0. The van der Waals surface area contributed by atoms with Crippen LogP contribution >= 0.6 is 11.6 Å². The molecule has 0 spiro atoms. The zero-order valence-electron chi connectivity index (χ0n) is 16.0. The third-order valence-corrected chi connectivity index (χ3v) is 5.40. The Morgan fingerprint density at radius 3 is 2.73 bits per heavy atom. The Morgan fingerprint density at radius 1 is 1.07 bits per heavy atom. The molecule has 9 heteroatoms. The van der Waals surface area contributed by atoms with Gasteiger partial charge in [0.25, 0.3) is 11.6 Å². The number of pyridine rings is 3. The van der Waals surface area contributed by atoms with Gasteiger partial charge < -0.3 is 15.1 Å². The van der Waals surface area contributed by atoms with Gasteiger partial charge in [-0.3, -0.25) is 9.36 Å². The normalized spacial score (nSPS) is 18.6. The van der Waals surface area contributed by atoms with E-state index in [4.69, 9.17) is 16.0 Å². The van der Waals surface area contributed by atoms with Crippen LogP contribution in [0.5, 0.6) is 0 Å². The number of hydrogen-bond acceptors (Lipinski definition) is 7. The van der Waals surface area contributed by atoms with Crippen LogP contribution in [0.2, 0.25) is 5.02 Å². The summed E-state index contributed by atoms with van der Waals surface area (Å²) in [6.45, 7) is 0. The highest BCUT2D eigenvalue weighted by molar-refractivity contribution is 6.30. The second-order valence-electron chi connectivity index (χ2n) is 7.30. The van der Waals surface area contributed by atoms with Crippen molar-refractivity contribution in [2.75, 3.05) is 10.6 Å². The van der Waals surface area contributed by atoms with Gasteiger partial charge in [0.2, 0.25) is 5.71 Å². The van der Waals surface area contributed by atoms with Gasteiger partial charge in [0.05, 0.1) is 16.9 Å². The van der Waals surface area contributed by atoms with Crippen LogP contribution in [-0.2, 0) is 0 Å². The van der Waals surface area contributed by atoms with Crippen molar-refractivity contribution in [1.82, 2.24) is 19.5 Å². The van der Waals surface area contributed by atoms with Gasteiger partial charge in [-0.2, -0.15) is 4.98 Å². The zero-order valence-corrected chi connectivity index (χ0v) is 16.7. The van der Waals surface area contributed by atoms with Crippen LogP contribution < -0.4 is 16.2 Å². The maximum atomic E-state index is 12.0. The molecule has 2 N–H and O–H groups in total. The highest BCUT2D eigenvalue weighted by Crippen LogP contribution is 2.26. The molecule has 0 aliphatic heterocycles. The standard InChI is InChI=1S/C21H19ClN6O2/c22-13-3-8-19(29)28(12-13)16-6-7-18(24-11-16)25-14-4-5-15(10-14)26-21-27-17-2-1-9-23-20(17)30-21/h1-3,6-9,11-12,14-15H,4-5,10H2,(H,24,25)(H,26,27)/t14-,15-/m0/s1. The molecule has 4 aromatic heterocycles. The van der Waals surface area contributed by atoms with Crippen molar-refractivity contribution in [1.29, 1.82) is 0 Å². The summed E-state index contributed by atoms with van der Waals surface area (Å²) in [5, 5.41) is 7.32. The van der Waals surface area contributed by atoms with Crippen molar-refractivity contribution in [3.05, 3.63) is 70.4 Å². The van der Waals surface area contributed by atoms with Gasteiger partial charge >= 0.3 is 0 Å². The number of anilines is 2. The lowest BCUT2D eigenvalue weighted by molar-refractivity contribution is 0.583. The molecule has 0 amide bonds. The molecule has 0 aromatic carbocycles.